The number of nitrogens with one attached hydrogen (secondary N) is 1. The topological polar surface area (TPSA) is 49.3 Å². The summed E-state index contributed by atoms with van der Waals surface area (Å²) >= 11 is 4.95. The molecule has 1 aliphatic rings. The first-order chi connectivity index (χ1) is 8.67. The summed E-state index contributed by atoms with van der Waals surface area (Å²) in [7, 11) is 0. The van der Waals surface area contributed by atoms with Crippen LogP contribution in [0.1, 0.15) is 11.3 Å². The molecule has 96 valence electrons. The summed E-state index contributed by atoms with van der Waals surface area (Å²) in [4.78, 5) is 12.7. The van der Waals surface area contributed by atoms with Crippen LogP contribution in [0.15, 0.2) is 34.1 Å². The normalized spacial score (nSPS) is 22.8. The van der Waals surface area contributed by atoms with Gasteiger partial charge in [-0.15, -0.1) is 11.3 Å². The lowest BCUT2D eigenvalue weighted by atomic mass is 10.1. The molecule has 2 rings (SSSR count). The van der Waals surface area contributed by atoms with E-state index in [-0.39, 0.29) is 24.5 Å². The van der Waals surface area contributed by atoms with Gasteiger partial charge >= 0.3 is 0 Å². The second-order valence-corrected chi connectivity index (χ2v) is 6.04. The van der Waals surface area contributed by atoms with Gasteiger partial charge in [0.2, 0.25) is 5.91 Å². The highest BCUT2D eigenvalue weighted by Gasteiger charge is 2.18. The molecule has 0 radical (unpaired) electrons. The van der Waals surface area contributed by atoms with Gasteiger partial charge in [0.05, 0.1) is 0 Å². The molecule has 0 saturated heterocycles. The molecule has 3 nitrogen and oxygen atoms in total. The van der Waals surface area contributed by atoms with Gasteiger partial charge in [-0.3, -0.25) is 4.79 Å². The summed E-state index contributed by atoms with van der Waals surface area (Å²) in [5.41, 5.74) is 0. The predicted molar refractivity (Wildman–Crippen MR) is 77.3 cm³/mol. The molecule has 0 bridgehead atoms. The highest BCUT2D eigenvalue weighted by molar-refractivity contribution is 9.10. The van der Waals surface area contributed by atoms with Crippen LogP contribution < -0.4 is 5.32 Å². The van der Waals surface area contributed by atoms with E-state index in [2.05, 4.69) is 21.2 Å². The van der Waals surface area contributed by atoms with E-state index in [9.17, 15) is 4.79 Å². The Hall–Kier alpha value is -0.910. The van der Waals surface area contributed by atoms with Crippen LogP contribution in [0.3, 0.4) is 0 Å². The molecular weight excluding hydrogens is 314 g/mol. The molecule has 0 saturated carbocycles. The molecule has 0 spiro atoms. The predicted octanol–water partition coefficient (Wildman–Crippen LogP) is 2.58. The molecule has 18 heavy (non-hydrogen) atoms. The van der Waals surface area contributed by atoms with Crippen LogP contribution in [0.25, 0.3) is 6.08 Å². The van der Waals surface area contributed by atoms with Crippen molar-refractivity contribution in [1.82, 2.24) is 5.32 Å². The Morgan fingerprint density at radius 1 is 1.61 bits per heavy atom. The van der Waals surface area contributed by atoms with Crippen molar-refractivity contribution in [2.24, 2.45) is 5.92 Å². The van der Waals surface area contributed by atoms with E-state index in [1.165, 1.54) is 0 Å². The second-order valence-electron chi connectivity index (χ2n) is 4.18. The van der Waals surface area contributed by atoms with Gasteiger partial charge in [0.15, 0.2) is 0 Å². The van der Waals surface area contributed by atoms with E-state index in [0.29, 0.717) is 0 Å². The number of carbonyl (C=O) groups excluding carboxylic acids is 1. The monoisotopic (exact) mass is 327 g/mol. The minimum atomic E-state index is -0.104. The molecule has 1 aromatic rings. The summed E-state index contributed by atoms with van der Waals surface area (Å²) < 4.78 is 1.03. The number of halogens is 1. The van der Waals surface area contributed by atoms with Crippen LogP contribution in [-0.4, -0.2) is 23.7 Å². The number of hydrogen-bond acceptors (Lipinski definition) is 3. The van der Waals surface area contributed by atoms with Crippen molar-refractivity contribution in [3.05, 3.63) is 39.0 Å². The van der Waals surface area contributed by atoms with E-state index < -0.39 is 0 Å². The smallest absolute Gasteiger partial charge is 0.244 e. The molecule has 2 N–H and O–H groups in total. The number of rotatable bonds is 4. The van der Waals surface area contributed by atoms with Crippen molar-refractivity contribution >= 4 is 39.2 Å². The Balaban J connectivity index is 1.82. The molecular formula is C13H14BrNO2S. The van der Waals surface area contributed by atoms with Crippen molar-refractivity contribution in [3.8, 4) is 0 Å². The van der Waals surface area contributed by atoms with E-state index in [4.69, 9.17) is 5.11 Å². The molecule has 1 amide bonds. The van der Waals surface area contributed by atoms with Crippen LogP contribution in [0.4, 0.5) is 0 Å². The highest BCUT2D eigenvalue weighted by atomic mass is 79.9. The van der Waals surface area contributed by atoms with Crippen LogP contribution in [-0.2, 0) is 4.79 Å². The van der Waals surface area contributed by atoms with Gasteiger partial charge in [0.25, 0.3) is 0 Å². The first-order valence-corrected chi connectivity index (χ1v) is 7.36. The Morgan fingerprint density at radius 2 is 2.44 bits per heavy atom. The zero-order valence-electron chi connectivity index (χ0n) is 9.67. The fourth-order valence-electron chi connectivity index (χ4n) is 1.82. The number of hydrogen-bond donors (Lipinski definition) is 2. The molecule has 1 heterocycles. The first kappa shape index (κ1) is 13.5. The van der Waals surface area contributed by atoms with Gasteiger partial charge in [-0.05, 0) is 34.5 Å². The molecule has 5 heteroatoms. The van der Waals surface area contributed by atoms with Gasteiger partial charge in [0, 0.05) is 39.4 Å². The number of carbonyl (C=O) groups is 1. The zero-order chi connectivity index (χ0) is 13.0. The Bertz CT molecular complexity index is 481. The van der Waals surface area contributed by atoms with Crippen molar-refractivity contribution < 1.29 is 9.90 Å². The lowest BCUT2D eigenvalue weighted by molar-refractivity contribution is -0.116. The molecule has 0 aromatic carbocycles. The Labute approximate surface area is 118 Å². The van der Waals surface area contributed by atoms with Crippen LogP contribution in [0.2, 0.25) is 0 Å². The highest BCUT2D eigenvalue weighted by Crippen LogP contribution is 2.21. The maximum Gasteiger partial charge on any atom is 0.244 e. The van der Waals surface area contributed by atoms with Crippen molar-refractivity contribution in [2.45, 2.75) is 12.5 Å². The minimum absolute atomic E-state index is 0.0365. The van der Waals surface area contributed by atoms with E-state index in [0.717, 1.165) is 15.8 Å². The molecule has 1 aliphatic carbocycles. The number of aliphatic hydroxyl groups is 1. The fraction of sp³-hybridized carbons (Fsp3) is 0.308. The fourth-order valence-corrected chi connectivity index (χ4v) is 3.16. The Morgan fingerprint density at radius 3 is 3.06 bits per heavy atom. The minimum Gasteiger partial charge on any atom is -0.396 e. The summed E-state index contributed by atoms with van der Waals surface area (Å²) in [5, 5.41) is 13.9. The third-order valence-electron chi connectivity index (χ3n) is 2.72. The maximum atomic E-state index is 11.7. The first-order valence-electron chi connectivity index (χ1n) is 5.69. The van der Waals surface area contributed by atoms with Crippen molar-refractivity contribution in [1.29, 1.82) is 0 Å². The zero-order valence-corrected chi connectivity index (χ0v) is 12.1. The average molecular weight is 328 g/mol. The van der Waals surface area contributed by atoms with Crippen LogP contribution >= 0.6 is 27.3 Å². The second kappa shape index (κ2) is 6.31. The molecule has 2 atom stereocenters. The molecule has 0 fully saturated rings. The summed E-state index contributed by atoms with van der Waals surface area (Å²) in [5.74, 6) is 0.0697. The average Bonchev–Trinajstić information content (AvgIpc) is 2.95. The summed E-state index contributed by atoms with van der Waals surface area (Å²) in [6, 6.07) is 2.00. The summed E-state index contributed by atoms with van der Waals surface area (Å²) in [6.45, 7) is 0.141. The van der Waals surface area contributed by atoms with Gasteiger partial charge < -0.3 is 10.4 Å². The number of thiophene rings is 1. The van der Waals surface area contributed by atoms with Crippen molar-refractivity contribution in [3.63, 3.8) is 0 Å². The van der Waals surface area contributed by atoms with E-state index in [1.807, 2.05) is 23.6 Å². The van der Waals surface area contributed by atoms with E-state index in [1.54, 1.807) is 23.5 Å². The van der Waals surface area contributed by atoms with Gasteiger partial charge in [-0.1, -0.05) is 12.2 Å². The van der Waals surface area contributed by atoms with Crippen LogP contribution in [0.5, 0.6) is 0 Å². The number of aliphatic hydroxyl groups excluding tert-OH is 1. The lowest BCUT2D eigenvalue weighted by Crippen LogP contribution is -2.31. The molecule has 0 aliphatic heterocycles. The standard InChI is InChI=1S/C13H14BrNO2S/c14-10-6-12(18-8-10)3-4-13(17)15-11-2-1-9(5-11)7-16/h1-4,6,8-9,11,16H,5,7H2,(H,15,17)/b4-3+/t9-,11+/m0/s1. The number of amides is 1. The quantitative estimate of drug-likeness (QED) is 0.659. The molecule has 0 unspecified atom stereocenters. The third-order valence-corrected chi connectivity index (χ3v) is 4.38. The summed E-state index contributed by atoms with van der Waals surface area (Å²) in [6.07, 6.45) is 8.01. The van der Waals surface area contributed by atoms with E-state index >= 15 is 0 Å². The van der Waals surface area contributed by atoms with Gasteiger partial charge in [-0.2, -0.15) is 0 Å². The Kier molecular flexibility index (Phi) is 4.74. The SMILES string of the molecule is O=C(/C=C/c1cc(Br)cs1)N[C@@H]1C=C[C@H](CO)C1. The molecule has 1 aromatic heterocycles. The van der Waals surface area contributed by atoms with Crippen LogP contribution in [0, 0.1) is 5.92 Å². The maximum absolute atomic E-state index is 11.7. The lowest BCUT2D eigenvalue weighted by Gasteiger charge is -2.10. The van der Waals surface area contributed by atoms with Gasteiger partial charge in [0.1, 0.15) is 0 Å². The van der Waals surface area contributed by atoms with Gasteiger partial charge in [-0.25, -0.2) is 0 Å². The van der Waals surface area contributed by atoms with Crippen molar-refractivity contribution in [2.75, 3.05) is 6.61 Å². The largest absolute Gasteiger partial charge is 0.396 e. The third kappa shape index (κ3) is 3.80.